The lowest BCUT2D eigenvalue weighted by Crippen LogP contribution is -2.52. The molecule has 0 fully saturated rings. The van der Waals surface area contributed by atoms with Crippen molar-refractivity contribution in [1.82, 2.24) is 4.90 Å². The Kier molecular flexibility index (Phi) is 5.44. The van der Waals surface area contributed by atoms with E-state index in [0.29, 0.717) is 0 Å². The summed E-state index contributed by atoms with van der Waals surface area (Å²) in [5, 5.41) is 9.63. The predicted molar refractivity (Wildman–Crippen MR) is 61.4 cm³/mol. The van der Waals surface area contributed by atoms with Gasteiger partial charge in [0.25, 0.3) is 5.91 Å². The molecule has 94 valence electrons. The maximum Gasteiger partial charge on any atom is 0.252 e. The van der Waals surface area contributed by atoms with Crippen LogP contribution in [0.25, 0.3) is 0 Å². The molecule has 0 bridgehead atoms. The summed E-state index contributed by atoms with van der Waals surface area (Å²) in [5.74, 6) is -1.28. The van der Waals surface area contributed by atoms with Crippen LogP contribution in [0.3, 0.4) is 0 Å². The lowest BCUT2D eigenvalue weighted by atomic mass is 10.00. The first-order chi connectivity index (χ1) is 7.20. The Balaban J connectivity index is 4.81. The minimum absolute atomic E-state index is 0.0780. The number of nitrogens with zero attached hydrogens (tertiary/aromatic N) is 1. The maximum absolute atomic E-state index is 11.8. The molecule has 0 aliphatic heterocycles. The zero-order valence-corrected chi connectivity index (χ0v) is 10.6. The van der Waals surface area contributed by atoms with Gasteiger partial charge in [0.05, 0.1) is 0 Å². The van der Waals surface area contributed by atoms with E-state index in [2.05, 4.69) is 0 Å². The number of aliphatic hydroxyl groups excluding tert-OH is 1. The van der Waals surface area contributed by atoms with Gasteiger partial charge in [0.2, 0.25) is 5.91 Å². The van der Waals surface area contributed by atoms with Crippen molar-refractivity contribution in [2.45, 2.75) is 39.8 Å². The monoisotopic (exact) mass is 230 g/mol. The Morgan fingerprint density at radius 3 is 1.81 bits per heavy atom. The van der Waals surface area contributed by atoms with Gasteiger partial charge >= 0.3 is 0 Å². The molecular weight excluding hydrogens is 208 g/mol. The third-order valence-corrected chi connectivity index (χ3v) is 2.57. The molecule has 2 unspecified atom stereocenters. The summed E-state index contributed by atoms with van der Waals surface area (Å²) >= 11 is 0. The van der Waals surface area contributed by atoms with Crippen LogP contribution in [0.1, 0.15) is 27.7 Å². The van der Waals surface area contributed by atoms with Crippen LogP contribution in [0.2, 0.25) is 0 Å². The van der Waals surface area contributed by atoms with Crippen LogP contribution in [0, 0.1) is 11.8 Å². The standard InChI is InChI=1S/C11H22N2O3/c1-6(2)8(10(12)15)13(5)11(16)9(14)7(3)4/h6-9,14H,1-5H3,(H2,12,15). The van der Waals surface area contributed by atoms with Gasteiger partial charge in [-0.3, -0.25) is 9.59 Å². The van der Waals surface area contributed by atoms with E-state index >= 15 is 0 Å². The number of aliphatic hydroxyl groups is 1. The van der Waals surface area contributed by atoms with Crippen LogP contribution in [0.15, 0.2) is 0 Å². The molecule has 5 nitrogen and oxygen atoms in total. The Morgan fingerprint density at radius 1 is 1.12 bits per heavy atom. The maximum atomic E-state index is 11.8. The molecule has 2 amide bonds. The molecular formula is C11H22N2O3. The van der Waals surface area contributed by atoms with E-state index < -0.39 is 24.0 Å². The van der Waals surface area contributed by atoms with Crippen LogP contribution in [0.4, 0.5) is 0 Å². The van der Waals surface area contributed by atoms with Crippen LogP contribution in [-0.4, -0.2) is 41.0 Å². The van der Waals surface area contributed by atoms with E-state index in [4.69, 9.17) is 5.73 Å². The highest BCUT2D eigenvalue weighted by Gasteiger charge is 2.32. The van der Waals surface area contributed by atoms with E-state index in [1.807, 2.05) is 0 Å². The molecule has 0 spiro atoms. The van der Waals surface area contributed by atoms with Crippen LogP contribution >= 0.6 is 0 Å². The van der Waals surface area contributed by atoms with Gasteiger partial charge in [-0.1, -0.05) is 27.7 Å². The summed E-state index contributed by atoms with van der Waals surface area (Å²) in [7, 11) is 1.49. The zero-order chi connectivity index (χ0) is 13.0. The van der Waals surface area contributed by atoms with Crippen molar-refractivity contribution in [3.63, 3.8) is 0 Å². The lowest BCUT2D eigenvalue weighted by molar-refractivity contribution is -0.147. The number of nitrogens with two attached hydrogens (primary N) is 1. The van der Waals surface area contributed by atoms with Gasteiger partial charge in [0.1, 0.15) is 12.1 Å². The van der Waals surface area contributed by atoms with Crippen molar-refractivity contribution in [1.29, 1.82) is 0 Å². The molecule has 0 aromatic heterocycles. The third-order valence-electron chi connectivity index (χ3n) is 2.57. The van der Waals surface area contributed by atoms with Crippen LogP contribution in [0.5, 0.6) is 0 Å². The second-order valence-electron chi connectivity index (χ2n) is 4.73. The molecule has 0 aliphatic carbocycles. The highest BCUT2D eigenvalue weighted by atomic mass is 16.3. The molecule has 0 heterocycles. The van der Waals surface area contributed by atoms with E-state index in [1.54, 1.807) is 27.7 Å². The van der Waals surface area contributed by atoms with Gasteiger partial charge in [0, 0.05) is 7.05 Å². The molecule has 0 saturated carbocycles. The average molecular weight is 230 g/mol. The molecule has 3 N–H and O–H groups in total. The van der Waals surface area contributed by atoms with E-state index in [1.165, 1.54) is 11.9 Å². The predicted octanol–water partition coefficient (Wildman–Crippen LogP) is -0.0284. The average Bonchev–Trinajstić information content (AvgIpc) is 2.13. The normalized spacial score (nSPS) is 15.0. The van der Waals surface area contributed by atoms with E-state index in [-0.39, 0.29) is 11.8 Å². The molecule has 0 aromatic carbocycles. The summed E-state index contributed by atoms with van der Waals surface area (Å²) in [6.45, 7) is 7.10. The van der Waals surface area contributed by atoms with Gasteiger partial charge in [-0.05, 0) is 11.8 Å². The SMILES string of the molecule is CC(C)C(O)C(=O)N(C)C(C(N)=O)C(C)C. The van der Waals surface area contributed by atoms with Gasteiger partial charge in [0.15, 0.2) is 0 Å². The Morgan fingerprint density at radius 2 is 1.56 bits per heavy atom. The molecule has 16 heavy (non-hydrogen) atoms. The lowest BCUT2D eigenvalue weighted by Gasteiger charge is -2.31. The summed E-state index contributed by atoms with van der Waals surface area (Å²) in [4.78, 5) is 24.3. The molecule has 0 saturated heterocycles. The zero-order valence-electron chi connectivity index (χ0n) is 10.6. The number of primary amides is 1. The van der Waals surface area contributed by atoms with Crippen molar-refractivity contribution in [2.24, 2.45) is 17.6 Å². The number of hydrogen-bond donors (Lipinski definition) is 2. The van der Waals surface area contributed by atoms with Crippen LogP contribution in [-0.2, 0) is 9.59 Å². The fourth-order valence-electron chi connectivity index (χ4n) is 1.60. The Bertz CT molecular complexity index is 264. The van der Waals surface area contributed by atoms with Crippen molar-refractivity contribution < 1.29 is 14.7 Å². The highest BCUT2D eigenvalue weighted by Crippen LogP contribution is 2.12. The number of hydrogen-bond acceptors (Lipinski definition) is 3. The number of amides is 2. The van der Waals surface area contributed by atoms with Gasteiger partial charge in [-0.2, -0.15) is 0 Å². The number of likely N-dealkylation sites (N-methyl/N-ethyl adjacent to an activating group) is 1. The van der Waals surface area contributed by atoms with Crippen molar-refractivity contribution >= 4 is 11.8 Å². The molecule has 5 heteroatoms. The Hall–Kier alpha value is -1.10. The first kappa shape index (κ1) is 14.9. The largest absolute Gasteiger partial charge is 0.383 e. The van der Waals surface area contributed by atoms with E-state index in [0.717, 1.165) is 0 Å². The number of rotatable bonds is 5. The van der Waals surface area contributed by atoms with Crippen molar-refractivity contribution in [2.75, 3.05) is 7.05 Å². The second-order valence-corrected chi connectivity index (χ2v) is 4.73. The molecule has 0 radical (unpaired) electrons. The molecule has 0 aliphatic rings. The molecule has 0 aromatic rings. The van der Waals surface area contributed by atoms with Crippen molar-refractivity contribution in [3.05, 3.63) is 0 Å². The summed E-state index contributed by atoms with van der Waals surface area (Å²) in [6.07, 6.45) is -1.09. The first-order valence-electron chi connectivity index (χ1n) is 5.44. The van der Waals surface area contributed by atoms with Gasteiger partial charge in [-0.15, -0.1) is 0 Å². The number of carbonyl (C=O) groups excluding carboxylic acids is 2. The Labute approximate surface area is 96.6 Å². The molecule has 0 rings (SSSR count). The minimum Gasteiger partial charge on any atom is -0.383 e. The highest BCUT2D eigenvalue weighted by molar-refractivity contribution is 5.88. The fraction of sp³-hybridized carbons (Fsp3) is 0.818. The van der Waals surface area contributed by atoms with Gasteiger partial charge in [-0.25, -0.2) is 0 Å². The minimum atomic E-state index is -1.09. The summed E-state index contributed by atoms with van der Waals surface area (Å²) in [6, 6.07) is -0.680. The third kappa shape index (κ3) is 3.48. The summed E-state index contributed by atoms with van der Waals surface area (Å²) < 4.78 is 0. The topological polar surface area (TPSA) is 83.6 Å². The van der Waals surface area contributed by atoms with Crippen LogP contribution < -0.4 is 5.73 Å². The molecule has 2 atom stereocenters. The first-order valence-corrected chi connectivity index (χ1v) is 5.44. The quantitative estimate of drug-likeness (QED) is 0.695. The second kappa shape index (κ2) is 5.84. The van der Waals surface area contributed by atoms with E-state index in [9.17, 15) is 14.7 Å². The fourth-order valence-corrected chi connectivity index (χ4v) is 1.60. The summed E-state index contributed by atoms with van der Waals surface area (Å²) in [5.41, 5.74) is 5.24. The smallest absolute Gasteiger partial charge is 0.252 e. The van der Waals surface area contributed by atoms with Crippen molar-refractivity contribution in [3.8, 4) is 0 Å². The number of carbonyl (C=O) groups is 2. The van der Waals surface area contributed by atoms with Gasteiger partial charge < -0.3 is 15.7 Å².